The highest BCUT2D eigenvalue weighted by atomic mass is 19.1. The van der Waals surface area contributed by atoms with Gasteiger partial charge >= 0.3 is 0 Å². The van der Waals surface area contributed by atoms with Crippen LogP contribution >= 0.6 is 0 Å². The minimum atomic E-state index is -0.377. The third kappa shape index (κ3) is 2.02. The number of rotatable bonds is 2. The fraction of sp³-hybridized carbons (Fsp3) is 0.133. The number of para-hydroxylation sites is 3. The van der Waals surface area contributed by atoms with Crippen molar-refractivity contribution >= 4 is 23.0 Å². The number of benzene rings is 2. The molecule has 1 heterocycles. The molecule has 3 N–H and O–H groups in total. The predicted octanol–water partition coefficient (Wildman–Crippen LogP) is 2.37. The summed E-state index contributed by atoms with van der Waals surface area (Å²) in [5.74, 6) is -0.549. The zero-order chi connectivity index (χ0) is 14.1. The van der Waals surface area contributed by atoms with Crippen molar-refractivity contribution in [2.24, 2.45) is 5.73 Å². The van der Waals surface area contributed by atoms with Gasteiger partial charge in [0.15, 0.2) is 0 Å². The molecule has 0 spiro atoms. The average molecular weight is 271 g/mol. The summed E-state index contributed by atoms with van der Waals surface area (Å²) in [5, 5.41) is 2.78. The Bertz CT molecular complexity index is 672. The van der Waals surface area contributed by atoms with Crippen LogP contribution in [-0.2, 0) is 11.3 Å². The van der Waals surface area contributed by atoms with Crippen LogP contribution in [0.3, 0.4) is 0 Å². The highest BCUT2D eigenvalue weighted by Crippen LogP contribution is 2.37. The van der Waals surface area contributed by atoms with Crippen molar-refractivity contribution in [3.8, 4) is 0 Å². The molecule has 1 aliphatic rings. The van der Waals surface area contributed by atoms with E-state index in [-0.39, 0.29) is 24.8 Å². The van der Waals surface area contributed by atoms with E-state index in [4.69, 9.17) is 5.73 Å². The molecule has 0 saturated carbocycles. The number of hydrogen-bond donors (Lipinski definition) is 2. The second kappa shape index (κ2) is 4.94. The van der Waals surface area contributed by atoms with Gasteiger partial charge in [-0.15, -0.1) is 0 Å². The number of nitrogens with two attached hydrogens (primary N) is 1. The fourth-order valence-electron chi connectivity index (χ4n) is 2.46. The maximum absolute atomic E-state index is 14.2. The molecule has 0 aliphatic carbocycles. The normalized spacial score (nSPS) is 13.9. The van der Waals surface area contributed by atoms with Crippen LogP contribution in [0.2, 0.25) is 0 Å². The first-order valence-electron chi connectivity index (χ1n) is 6.34. The summed E-state index contributed by atoms with van der Waals surface area (Å²) in [6, 6.07) is 12.1. The number of hydrogen-bond acceptors (Lipinski definition) is 3. The number of nitrogens with zero attached hydrogens (tertiary/aromatic N) is 1. The summed E-state index contributed by atoms with van der Waals surface area (Å²) in [4.78, 5) is 13.5. The van der Waals surface area contributed by atoms with Crippen LogP contribution in [0.1, 0.15) is 5.56 Å². The van der Waals surface area contributed by atoms with Crippen LogP contribution in [-0.4, -0.2) is 12.5 Å². The lowest BCUT2D eigenvalue weighted by molar-refractivity contribution is -0.115. The lowest BCUT2D eigenvalue weighted by Crippen LogP contribution is -2.36. The van der Waals surface area contributed by atoms with Gasteiger partial charge in [-0.05, 0) is 23.8 Å². The molecule has 0 bridgehead atoms. The fourth-order valence-corrected chi connectivity index (χ4v) is 2.46. The van der Waals surface area contributed by atoms with Crippen molar-refractivity contribution in [2.75, 3.05) is 16.8 Å². The van der Waals surface area contributed by atoms with Crippen LogP contribution in [0.15, 0.2) is 42.5 Å². The quantitative estimate of drug-likeness (QED) is 0.881. The standard InChI is InChI=1S/C15H14FN3O/c16-11-5-3-4-10(8-17)15(11)19-9-14(20)18-12-6-1-2-7-13(12)19/h1-7H,8-9,17H2,(H,18,20). The highest BCUT2D eigenvalue weighted by Gasteiger charge is 2.26. The van der Waals surface area contributed by atoms with Crippen LogP contribution in [0, 0.1) is 5.82 Å². The van der Waals surface area contributed by atoms with Gasteiger partial charge in [0, 0.05) is 6.54 Å². The van der Waals surface area contributed by atoms with Gasteiger partial charge in [-0.25, -0.2) is 4.39 Å². The van der Waals surface area contributed by atoms with E-state index in [1.54, 1.807) is 23.1 Å². The molecule has 5 heteroatoms. The molecule has 0 unspecified atom stereocenters. The molecular formula is C15H14FN3O. The summed E-state index contributed by atoms with van der Waals surface area (Å²) < 4.78 is 14.2. The monoisotopic (exact) mass is 271 g/mol. The third-order valence-corrected chi connectivity index (χ3v) is 3.33. The summed E-state index contributed by atoms with van der Waals surface area (Å²) in [6.45, 7) is 0.290. The first kappa shape index (κ1) is 12.6. The van der Waals surface area contributed by atoms with Gasteiger partial charge in [0.2, 0.25) is 5.91 Å². The minimum absolute atomic E-state index is 0.0744. The Labute approximate surface area is 116 Å². The van der Waals surface area contributed by atoms with Crippen LogP contribution in [0.25, 0.3) is 0 Å². The van der Waals surface area contributed by atoms with E-state index >= 15 is 0 Å². The van der Waals surface area contributed by atoms with E-state index in [2.05, 4.69) is 5.32 Å². The number of carbonyl (C=O) groups is 1. The van der Waals surface area contributed by atoms with E-state index in [1.165, 1.54) is 6.07 Å². The average Bonchev–Trinajstić information content (AvgIpc) is 2.46. The number of anilines is 3. The van der Waals surface area contributed by atoms with E-state index in [9.17, 15) is 9.18 Å². The Kier molecular flexibility index (Phi) is 3.12. The third-order valence-electron chi connectivity index (χ3n) is 3.33. The summed E-state index contributed by atoms with van der Waals surface area (Å²) in [7, 11) is 0. The zero-order valence-corrected chi connectivity index (χ0v) is 10.8. The number of amides is 1. The van der Waals surface area contributed by atoms with Gasteiger partial charge in [-0.3, -0.25) is 4.79 Å². The smallest absolute Gasteiger partial charge is 0.244 e. The number of carbonyl (C=O) groups excluding carboxylic acids is 1. The number of fused-ring (bicyclic) bond motifs is 1. The molecular weight excluding hydrogens is 257 g/mol. The molecule has 0 saturated heterocycles. The Balaban J connectivity index is 2.18. The Morgan fingerprint density at radius 1 is 1.20 bits per heavy atom. The van der Waals surface area contributed by atoms with Crippen LogP contribution in [0.5, 0.6) is 0 Å². The molecule has 0 radical (unpaired) electrons. The summed E-state index contributed by atoms with van der Waals surface area (Å²) in [6.07, 6.45) is 0. The summed E-state index contributed by atoms with van der Waals surface area (Å²) >= 11 is 0. The molecule has 0 aromatic heterocycles. The molecule has 20 heavy (non-hydrogen) atoms. The first-order valence-corrected chi connectivity index (χ1v) is 6.34. The molecule has 1 aliphatic heterocycles. The Hall–Kier alpha value is -2.40. The Morgan fingerprint density at radius 2 is 2.00 bits per heavy atom. The number of halogens is 1. The van der Waals surface area contributed by atoms with Crippen molar-refractivity contribution in [1.29, 1.82) is 0 Å². The molecule has 0 atom stereocenters. The van der Waals surface area contributed by atoms with E-state index < -0.39 is 0 Å². The molecule has 102 valence electrons. The zero-order valence-electron chi connectivity index (χ0n) is 10.8. The van der Waals surface area contributed by atoms with Crippen molar-refractivity contribution in [1.82, 2.24) is 0 Å². The summed E-state index contributed by atoms with van der Waals surface area (Å²) in [5.41, 5.74) is 8.18. The Morgan fingerprint density at radius 3 is 2.80 bits per heavy atom. The maximum atomic E-state index is 14.2. The topological polar surface area (TPSA) is 58.4 Å². The van der Waals surface area contributed by atoms with Gasteiger partial charge in [-0.1, -0.05) is 24.3 Å². The van der Waals surface area contributed by atoms with Crippen molar-refractivity contribution in [3.05, 3.63) is 53.8 Å². The van der Waals surface area contributed by atoms with Gasteiger partial charge in [0.1, 0.15) is 12.4 Å². The lowest BCUT2D eigenvalue weighted by Gasteiger charge is -2.32. The highest BCUT2D eigenvalue weighted by molar-refractivity contribution is 6.03. The van der Waals surface area contributed by atoms with E-state index in [1.807, 2.05) is 18.2 Å². The van der Waals surface area contributed by atoms with Crippen LogP contribution < -0.4 is 16.0 Å². The van der Waals surface area contributed by atoms with E-state index in [0.717, 1.165) is 5.69 Å². The van der Waals surface area contributed by atoms with Gasteiger partial charge in [-0.2, -0.15) is 0 Å². The predicted molar refractivity (Wildman–Crippen MR) is 76.4 cm³/mol. The minimum Gasteiger partial charge on any atom is -0.328 e. The van der Waals surface area contributed by atoms with E-state index in [0.29, 0.717) is 16.9 Å². The SMILES string of the molecule is NCc1cccc(F)c1N1CC(=O)Nc2ccccc21. The largest absolute Gasteiger partial charge is 0.328 e. The van der Waals surface area contributed by atoms with Crippen molar-refractivity contribution in [2.45, 2.75) is 6.54 Å². The van der Waals surface area contributed by atoms with Gasteiger partial charge in [0.05, 0.1) is 17.1 Å². The second-order valence-corrected chi connectivity index (χ2v) is 4.60. The number of nitrogens with one attached hydrogen (secondary N) is 1. The van der Waals surface area contributed by atoms with Crippen molar-refractivity contribution < 1.29 is 9.18 Å². The first-order chi connectivity index (χ1) is 9.70. The van der Waals surface area contributed by atoms with Gasteiger partial charge < -0.3 is 16.0 Å². The molecule has 2 aromatic carbocycles. The van der Waals surface area contributed by atoms with Crippen LogP contribution in [0.4, 0.5) is 21.5 Å². The molecule has 0 fully saturated rings. The van der Waals surface area contributed by atoms with Gasteiger partial charge in [0.25, 0.3) is 0 Å². The molecule has 3 rings (SSSR count). The lowest BCUT2D eigenvalue weighted by atomic mass is 10.1. The molecule has 4 nitrogen and oxygen atoms in total. The molecule has 1 amide bonds. The molecule has 2 aromatic rings. The van der Waals surface area contributed by atoms with Crippen molar-refractivity contribution in [3.63, 3.8) is 0 Å². The maximum Gasteiger partial charge on any atom is 0.244 e. The second-order valence-electron chi connectivity index (χ2n) is 4.60.